The summed E-state index contributed by atoms with van der Waals surface area (Å²) in [5, 5.41) is 3.32. The molecule has 0 aliphatic carbocycles. The summed E-state index contributed by atoms with van der Waals surface area (Å²) in [7, 11) is 0. The van der Waals surface area contributed by atoms with Crippen molar-refractivity contribution < 1.29 is 9.53 Å². The van der Waals surface area contributed by atoms with Crippen LogP contribution in [0.3, 0.4) is 0 Å². The quantitative estimate of drug-likeness (QED) is 0.700. The van der Waals surface area contributed by atoms with E-state index in [1.54, 1.807) is 0 Å². The summed E-state index contributed by atoms with van der Waals surface area (Å²) in [6.45, 7) is 3.51. The summed E-state index contributed by atoms with van der Waals surface area (Å²) < 4.78 is 5.52. The van der Waals surface area contributed by atoms with Gasteiger partial charge in [0.05, 0.1) is 25.3 Å². The molecule has 0 saturated carbocycles. The third kappa shape index (κ3) is 1.74. The van der Waals surface area contributed by atoms with Gasteiger partial charge in [0.2, 0.25) is 5.91 Å². The van der Waals surface area contributed by atoms with Crippen LogP contribution < -0.4 is 5.32 Å². The molecule has 3 fully saturated rings. The lowest BCUT2D eigenvalue weighted by molar-refractivity contribution is -0.146. The molecule has 4 heteroatoms. The first-order chi connectivity index (χ1) is 7.86. The van der Waals surface area contributed by atoms with Gasteiger partial charge < -0.3 is 15.0 Å². The molecule has 3 heterocycles. The fraction of sp³-hybridized carbons (Fsp3) is 0.917. The van der Waals surface area contributed by atoms with Gasteiger partial charge in [0, 0.05) is 5.92 Å². The minimum Gasteiger partial charge on any atom is -0.377 e. The number of amides is 1. The SMILES string of the molecule is O=C(C1CCNCC1)N1C2CCC1COC2. The third-order valence-corrected chi connectivity index (χ3v) is 4.18. The summed E-state index contributed by atoms with van der Waals surface area (Å²) >= 11 is 0. The molecular weight excluding hydrogens is 204 g/mol. The number of rotatable bonds is 1. The average molecular weight is 224 g/mol. The van der Waals surface area contributed by atoms with E-state index in [9.17, 15) is 4.79 Å². The summed E-state index contributed by atoms with van der Waals surface area (Å²) in [4.78, 5) is 14.6. The predicted octanol–water partition coefficient (Wildman–Crippen LogP) is 0.376. The van der Waals surface area contributed by atoms with Crippen LogP contribution >= 0.6 is 0 Å². The molecule has 0 aromatic rings. The zero-order valence-electron chi connectivity index (χ0n) is 9.65. The maximum atomic E-state index is 12.5. The first-order valence-corrected chi connectivity index (χ1v) is 6.47. The van der Waals surface area contributed by atoms with Crippen molar-refractivity contribution in [3.05, 3.63) is 0 Å². The van der Waals surface area contributed by atoms with Crippen LogP contribution in [-0.4, -0.2) is 49.2 Å². The van der Waals surface area contributed by atoms with Gasteiger partial charge in [0.25, 0.3) is 0 Å². The fourth-order valence-electron chi connectivity index (χ4n) is 3.27. The fourth-order valence-corrected chi connectivity index (χ4v) is 3.27. The maximum absolute atomic E-state index is 12.5. The standard InChI is InChI=1S/C12H20N2O2/c15-12(9-3-5-13-6-4-9)14-10-1-2-11(14)8-16-7-10/h9-11,13H,1-8H2. The van der Waals surface area contributed by atoms with Crippen molar-refractivity contribution in [3.63, 3.8) is 0 Å². The molecule has 0 spiro atoms. The zero-order chi connectivity index (χ0) is 11.0. The Morgan fingerprint density at radius 2 is 1.69 bits per heavy atom. The number of morpholine rings is 1. The van der Waals surface area contributed by atoms with Gasteiger partial charge in [-0.25, -0.2) is 0 Å². The highest BCUT2D eigenvalue weighted by Crippen LogP contribution is 2.31. The van der Waals surface area contributed by atoms with Gasteiger partial charge in [-0.2, -0.15) is 0 Å². The van der Waals surface area contributed by atoms with Crippen molar-refractivity contribution in [1.29, 1.82) is 0 Å². The molecule has 1 N–H and O–H groups in total. The number of hydrogen-bond acceptors (Lipinski definition) is 3. The third-order valence-electron chi connectivity index (χ3n) is 4.18. The maximum Gasteiger partial charge on any atom is 0.226 e. The highest BCUT2D eigenvalue weighted by Gasteiger charge is 2.42. The van der Waals surface area contributed by atoms with E-state index in [0.717, 1.165) is 52.0 Å². The summed E-state index contributed by atoms with van der Waals surface area (Å²) in [6.07, 6.45) is 4.30. The molecule has 16 heavy (non-hydrogen) atoms. The Morgan fingerprint density at radius 1 is 1.06 bits per heavy atom. The second kappa shape index (κ2) is 4.34. The Bertz CT molecular complexity index is 260. The van der Waals surface area contributed by atoms with Crippen molar-refractivity contribution in [2.24, 2.45) is 5.92 Å². The Morgan fingerprint density at radius 3 is 2.31 bits per heavy atom. The van der Waals surface area contributed by atoms with Crippen molar-refractivity contribution in [2.45, 2.75) is 37.8 Å². The van der Waals surface area contributed by atoms with E-state index >= 15 is 0 Å². The van der Waals surface area contributed by atoms with E-state index in [2.05, 4.69) is 10.2 Å². The number of nitrogens with one attached hydrogen (secondary N) is 1. The van der Waals surface area contributed by atoms with E-state index in [-0.39, 0.29) is 5.92 Å². The van der Waals surface area contributed by atoms with Gasteiger partial charge in [0.15, 0.2) is 0 Å². The Balaban J connectivity index is 1.69. The van der Waals surface area contributed by atoms with E-state index in [4.69, 9.17) is 4.74 Å². The summed E-state index contributed by atoms with van der Waals surface area (Å²) in [5.74, 6) is 0.666. The highest BCUT2D eigenvalue weighted by molar-refractivity contribution is 5.80. The van der Waals surface area contributed by atoms with Crippen LogP contribution in [0.25, 0.3) is 0 Å². The van der Waals surface area contributed by atoms with Crippen LogP contribution in [0, 0.1) is 5.92 Å². The molecule has 3 aliphatic heterocycles. The van der Waals surface area contributed by atoms with E-state index < -0.39 is 0 Å². The smallest absolute Gasteiger partial charge is 0.226 e. The Kier molecular flexibility index (Phi) is 2.86. The Hall–Kier alpha value is -0.610. The normalized spacial score (nSPS) is 35.4. The Labute approximate surface area is 96.3 Å². The largest absolute Gasteiger partial charge is 0.377 e. The van der Waals surface area contributed by atoms with Gasteiger partial charge in [-0.1, -0.05) is 0 Å². The van der Waals surface area contributed by atoms with E-state index in [1.807, 2.05) is 0 Å². The number of carbonyl (C=O) groups is 1. The molecule has 3 saturated heterocycles. The summed E-state index contributed by atoms with van der Waals surface area (Å²) in [5.41, 5.74) is 0. The van der Waals surface area contributed by atoms with Gasteiger partial charge in [0.1, 0.15) is 0 Å². The first-order valence-electron chi connectivity index (χ1n) is 6.47. The van der Waals surface area contributed by atoms with Crippen molar-refractivity contribution in [3.8, 4) is 0 Å². The molecule has 2 bridgehead atoms. The van der Waals surface area contributed by atoms with Crippen LogP contribution in [0.2, 0.25) is 0 Å². The topological polar surface area (TPSA) is 41.6 Å². The van der Waals surface area contributed by atoms with Crippen LogP contribution in [-0.2, 0) is 9.53 Å². The lowest BCUT2D eigenvalue weighted by Gasteiger charge is -2.37. The van der Waals surface area contributed by atoms with Gasteiger partial charge >= 0.3 is 0 Å². The number of carbonyl (C=O) groups excluding carboxylic acids is 1. The molecule has 90 valence electrons. The molecule has 0 aromatic heterocycles. The first kappa shape index (κ1) is 10.5. The number of fused-ring (bicyclic) bond motifs is 2. The molecule has 3 aliphatic rings. The molecule has 4 nitrogen and oxygen atoms in total. The van der Waals surface area contributed by atoms with Gasteiger partial charge in [-0.15, -0.1) is 0 Å². The second-order valence-electron chi connectivity index (χ2n) is 5.19. The van der Waals surface area contributed by atoms with Crippen LogP contribution in [0.15, 0.2) is 0 Å². The molecule has 0 radical (unpaired) electrons. The monoisotopic (exact) mass is 224 g/mol. The van der Waals surface area contributed by atoms with Crippen LogP contribution in [0.5, 0.6) is 0 Å². The van der Waals surface area contributed by atoms with E-state index in [1.165, 1.54) is 0 Å². The van der Waals surface area contributed by atoms with Crippen molar-refractivity contribution in [1.82, 2.24) is 10.2 Å². The van der Waals surface area contributed by atoms with Crippen molar-refractivity contribution in [2.75, 3.05) is 26.3 Å². The number of ether oxygens (including phenoxy) is 1. The van der Waals surface area contributed by atoms with Crippen LogP contribution in [0.1, 0.15) is 25.7 Å². The van der Waals surface area contributed by atoms with Gasteiger partial charge in [-0.05, 0) is 38.8 Å². The van der Waals surface area contributed by atoms with Crippen LogP contribution in [0.4, 0.5) is 0 Å². The average Bonchev–Trinajstić information content (AvgIpc) is 2.59. The second-order valence-corrected chi connectivity index (χ2v) is 5.19. The minimum atomic E-state index is 0.266. The summed E-state index contributed by atoms with van der Waals surface area (Å²) in [6, 6.07) is 0.752. The van der Waals surface area contributed by atoms with Crippen molar-refractivity contribution >= 4 is 5.91 Å². The number of piperidine rings is 1. The highest BCUT2D eigenvalue weighted by atomic mass is 16.5. The molecule has 0 aromatic carbocycles. The minimum absolute atomic E-state index is 0.266. The molecule has 3 rings (SSSR count). The predicted molar refractivity (Wildman–Crippen MR) is 60.1 cm³/mol. The molecule has 1 amide bonds. The molecule has 2 atom stereocenters. The molecule has 2 unspecified atom stereocenters. The zero-order valence-corrected chi connectivity index (χ0v) is 9.65. The van der Waals surface area contributed by atoms with Gasteiger partial charge in [-0.3, -0.25) is 4.79 Å². The number of hydrogen-bond donors (Lipinski definition) is 1. The lowest BCUT2D eigenvalue weighted by Crippen LogP contribution is -2.52. The number of nitrogens with zero attached hydrogens (tertiary/aromatic N) is 1. The molecular formula is C12H20N2O2. The lowest BCUT2D eigenvalue weighted by atomic mass is 9.95. The van der Waals surface area contributed by atoms with E-state index in [0.29, 0.717) is 18.0 Å².